The zero-order valence-electron chi connectivity index (χ0n) is 17.4. The highest BCUT2D eigenvalue weighted by Gasteiger charge is 2.21. The molecule has 0 radical (unpaired) electrons. The van der Waals surface area contributed by atoms with Crippen molar-refractivity contribution in [1.29, 1.82) is 0 Å². The number of hydrogen-bond donors (Lipinski definition) is 2. The Morgan fingerprint density at radius 2 is 1.78 bits per heavy atom. The van der Waals surface area contributed by atoms with Gasteiger partial charge in [-0.05, 0) is 56.7 Å². The molecule has 0 aliphatic heterocycles. The summed E-state index contributed by atoms with van der Waals surface area (Å²) in [6, 6.07) is 12.9. The van der Waals surface area contributed by atoms with Gasteiger partial charge in [0.05, 0.1) is 15.6 Å². The van der Waals surface area contributed by atoms with Crippen molar-refractivity contribution in [2.75, 3.05) is 10.0 Å². The molecule has 164 valence electrons. The van der Waals surface area contributed by atoms with Gasteiger partial charge in [0.15, 0.2) is 0 Å². The van der Waals surface area contributed by atoms with Gasteiger partial charge in [0.2, 0.25) is 5.82 Å². The van der Waals surface area contributed by atoms with Crippen LogP contribution in [0, 0.1) is 20.8 Å². The first-order chi connectivity index (χ1) is 15.1. The number of amides is 1. The lowest BCUT2D eigenvalue weighted by molar-refractivity contribution is 0.101. The number of nitrogens with zero attached hydrogens (tertiary/aromatic N) is 4. The van der Waals surface area contributed by atoms with E-state index in [0.29, 0.717) is 11.3 Å². The molecule has 0 unspecified atom stereocenters. The minimum absolute atomic E-state index is 0.00585. The fraction of sp³-hybridized carbons (Fsp3) is 0.143. The average molecular weight is 471 g/mol. The van der Waals surface area contributed by atoms with E-state index in [2.05, 4.69) is 25.1 Å². The van der Waals surface area contributed by atoms with Gasteiger partial charge >= 0.3 is 0 Å². The van der Waals surface area contributed by atoms with E-state index < -0.39 is 15.9 Å². The molecule has 0 aliphatic carbocycles. The van der Waals surface area contributed by atoms with E-state index in [0.717, 1.165) is 11.4 Å². The number of hydrogen-bond acceptors (Lipinski definition) is 6. The summed E-state index contributed by atoms with van der Waals surface area (Å²) >= 11 is 6.07. The van der Waals surface area contributed by atoms with Crippen LogP contribution in [0.3, 0.4) is 0 Å². The largest absolute Gasteiger partial charge is 0.319 e. The van der Waals surface area contributed by atoms with Crippen molar-refractivity contribution in [3.63, 3.8) is 0 Å². The second kappa shape index (κ2) is 8.21. The van der Waals surface area contributed by atoms with Gasteiger partial charge in [0.25, 0.3) is 21.7 Å². The third kappa shape index (κ3) is 4.27. The number of rotatable bonds is 5. The molecular formula is C21H19ClN6O3S. The van der Waals surface area contributed by atoms with Crippen molar-refractivity contribution >= 4 is 44.7 Å². The molecule has 0 saturated heterocycles. The van der Waals surface area contributed by atoms with Crippen LogP contribution in [0.4, 0.5) is 11.4 Å². The Balaban J connectivity index is 1.62. The summed E-state index contributed by atoms with van der Waals surface area (Å²) in [4.78, 5) is 21.1. The lowest BCUT2D eigenvalue weighted by atomic mass is 10.2. The van der Waals surface area contributed by atoms with Crippen molar-refractivity contribution in [1.82, 2.24) is 19.6 Å². The minimum Gasteiger partial charge on any atom is -0.319 e. The first kappa shape index (κ1) is 21.7. The molecule has 0 bridgehead atoms. The highest BCUT2D eigenvalue weighted by atomic mass is 35.5. The van der Waals surface area contributed by atoms with Crippen LogP contribution >= 0.6 is 11.6 Å². The monoisotopic (exact) mass is 470 g/mol. The number of benzene rings is 2. The molecule has 32 heavy (non-hydrogen) atoms. The van der Waals surface area contributed by atoms with E-state index in [9.17, 15) is 13.2 Å². The molecule has 2 N–H and O–H groups in total. The Bertz CT molecular complexity index is 1470. The lowest BCUT2D eigenvalue weighted by Gasteiger charge is -2.13. The first-order valence-corrected chi connectivity index (χ1v) is 11.4. The van der Waals surface area contributed by atoms with E-state index >= 15 is 0 Å². The molecule has 0 atom stereocenters. The number of aryl methyl sites for hydroxylation is 3. The summed E-state index contributed by atoms with van der Waals surface area (Å²) in [5.74, 6) is -0.354. The quantitative estimate of drug-likeness (QED) is 0.458. The van der Waals surface area contributed by atoms with E-state index in [1.165, 1.54) is 10.6 Å². The molecule has 2 aromatic heterocycles. The maximum absolute atomic E-state index is 13.0. The van der Waals surface area contributed by atoms with Crippen LogP contribution in [0.15, 0.2) is 53.4 Å². The molecule has 0 saturated carbocycles. The Morgan fingerprint density at radius 3 is 2.53 bits per heavy atom. The SMILES string of the molecule is Cc1cc(C)n2nc(C(=O)Nc3ccc(C)c(S(=O)(=O)Nc4ccccc4Cl)c3)nc2n1. The van der Waals surface area contributed by atoms with Gasteiger partial charge in [-0.3, -0.25) is 9.52 Å². The lowest BCUT2D eigenvalue weighted by Crippen LogP contribution is -2.17. The number of nitrogens with one attached hydrogen (secondary N) is 2. The van der Waals surface area contributed by atoms with Crippen LogP contribution < -0.4 is 10.0 Å². The van der Waals surface area contributed by atoms with E-state index in [1.807, 2.05) is 19.9 Å². The maximum Gasteiger partial charge on any atom is 0.295 e. The van der Waals surface area contributed by atoms with Gasteiger partial charge < -0.3 is 5.32 Å². The summed E-state index contributed by atoms with van der Waals surface area (Å²) in [6.07, 6.45) is 0. The fourth-order valence-corrected chi connectivity index (χ4v) is 4.75. The number of aromatic nitrogens is 4. The zero-order chi connectivity index (χ0) is 23.0. The van der Waals surface area contributed by atoms with Crippen LogP contribution in [-0.2, 0) is 10.0 Å². The first-order valence-electron chi connectivity index (χ1n) is 9.54. The van der Waals surface area contributed by atoms with E-state index in [1.54, 1.807) is 43.3 Å². The summed E-state index contributed by atoms with van der Waals surface area (Å²) in [5, 5.41) is 7.11. The second-order valence-electron chi connectivity index (χ2n) is 7.21. The third-order valence-electron chi connectivity index (χ3n) is 4.68. The molecule has 11 heteroatoms. The molecule has 0 fully saturated rings. The second-order valence-corrected chi connectivity index (χ2v) is 9.26. The molecule has 4 aromatic rings. The van der Waals surface area contributed by atoms with Crippen LogP contribution in [0.2, 0.25) is 5.02 Å². The third-order valence-corrected chi connectivity index (χ3v) is 6.51. The van der Waals surface area contributed by atoms with Crippen LogP contribution in [0.1, 0.15) is 27.6 Å². The Kier molecular flexibility index (Phi) is 5.57. The minimum atomic E-state index is -3.95. The highest BCUT2D eigenvalue weighted by molar-refractivity contribution is 7.92. The van der Waals surface area contributed by atoms with Crippen molar-refractivity contribution in [3.8, 4) is 0 Å². The van der Waals surface area contributed by atoms with Gasteiger partial charge in [-0.15, -0.1) is 5.10 Å². The summed E-state index contributed by atoms with van der Waals surface area (Å²) < 4.78 is 29.9. The molecule has 0 aliphatic rings. The van der Waals surface area contributed by atoms with Gasteiger partial charge in [0, 0.05) is 17.1 Å². The van der Waals surface area contributed by atoms with Gasteiger partial charge in [0.1, 0.15) is 0 Å². The molecule has 2 aromatic carbocycles. The topological polar surface area (TPSA) is 118 Å². The van der Waals surface area contributed by atoms with Crippen molar-refractivity contribution in [3.05, 3.63) is 76.3 Å². The predicted molar refractivity (Wildman–Crippen MR) is 122 cm³/mol. The summed E-state index contributed by atoms with van der Waals surface area (Å²) in [7, 11) is -3.95. The van der Waals surface area contributed by atoms with E-state index in [4.69, 9.17) is 11.6 Å². The van der Waals surface area contributed by atoms with Crippen molar-refractivity contribution in [2.24, 2.45) is 0 Å². The summed E-state index contributed by atoms with van der Waals surface area (Å²) in [5.41, 5.74) is 2.58. The van der Waals surface area contributed by atoms with Crippen molar-refractivity contribution in [2.45, 2.75) is 25.7 Å². The van der Waals surface area contributed by atoms with Crippen LogP contribution in [-0.4, -0.2) is 33.9 Å². The number of anilines is 2. The fourth-order valence-electron chi connectivity index (χ4n) is 3.16. The Morgan fingerprint density at radius 1 is 1.03 bits per heavy atom. The van der Waals surface area contributed by atoms with Crippen LogP contribution in [0.5, 0.6) is 0 Å². The number of para-hydroxylation sites is 1. The van der Waals surface area contributed by atoms with Crippen LogP contribution in [0.25, 0.3) is 5.78 Å². The molecule has 4 rings (SSSR count). The molecular weight excluding hydrogens is 452 g/mol. The number of sulfonamides is 1. The Labute approximate surface area is 189 Å². The van der Waals surface area contributed by atoms with Gasteiger partial charge in [-0.25, -0.2) is 17.9 Å². The Hall–Kier alpha value is -3.50. The average Bonchev–Trinajstić information content (AvgIpc) is 3.15. The number of halogens is 1. The normalized spacial score (nSPS) is 11.5. The smallest absolute Gasteiger partial charge is 0.295 e. The zero-order valence-corrected chi connectivity index (χ0v) is 19.0. The van der Waals surface area contributed by atoms with E-state index in [-0.39, 0.29) is 27.1 Å². The maximum atomic E-state index is 13.0. The highest BCUT2D eigenvalue weighted by Crippen LogP contribution is 2.27. The number of carbonyl (C=O) groups excluding carboxylic acids is 1. The molecule has 9 nitrogen and oxygen atoms in total. The standard InChI is InChI=1S/C21H19ClN6O3S/c1-12-8-9-15(11-18(12)32(30,31)27-17-7-5-4-6-16(17)22)24-20(29)19-25-21-23-13(2)10-14(3)28(21)26-19/h4-11,27H,1-3H3,(H,24,29). The molecule has 0 spiro atoms. The predicted octanol–water partition coefficient (Wildman–Crippen LogP) is 3.76. The number of carbonyl (C=O) groups is 1. The molecule has 2 heterocycles. The van der Waals surface area contributed by atoms with Gasteiger partial charge in [-0.2, -0.15) is 4.98 Å². The van der Waals surface area contributed by atoms with Crippen molar-refractivity contribution < 1.29 is 13.2 Å². The summed E-state index contributed by atoms with van der Waals surface area (Å²) in [6.45, 7) is 5.32. The van der Waals surface area contributed by atoms with Gasteiger partial charge in [-0.1, -0.05) is 29.8 Å². The number of fused-ring (bicyclic) bond motifs is 1. The molecule has 1 amide bonds.